The normalized spacial score (nSPS) is 10.0. The number of nitrogens with two attached hydrogens (primary N) is 1. The van der Waals surface area contributed by atoms with Gasteiger partial charge in [-0.25, -0.2) is 0 Å². The molecule has 116 valence electrons. The van der Waals surface area contributed by atoms with Gasteiger partial charge in [0.2, 0.25) is 5.91 Å². The van der Waals surface area contributed by atoms with E-state index in [2.05, 4.69) is 0 Å². The summed E-state index contributed by atoms with van der Waals surface area (Å²) in [7, 11) is 1.58. The Morgan fingerprint density at radius 3 is 2.33 bits per heavy atom. The second-order valence-corrected chi connectivity index (χ2v) is 4.64. The van der Waals surface area contributed by atoms with Gasteiger partial charge in [-0.05, 0) is 26.0 Å². The number of nitrogen functional groups attached to an aromatic ring is 1. The summed E-state index contributed by atoms with van der Waals surface area (Å²) in [6.07, 6.45) is 0. The largest absolute Gasteiger partial charge is 0.482 e. The molecule has 0 saturated carbocycles. The van der Waals surface area contributed by atoms with E-state index in [9.17, 15) is 9.59 Å². The van der Waals surface area contributed by atoms with Crippen molar-refractivity contribution in [2.45, 2.75) is 13.8 Å². The minimum absolute atomic E-state index is 0.0497. The lowest BCUT2D eigenvalue weighted by atomic mass is 10.3. The van der Waals surface area contributed by atoms with Gasteiger partial charge in [0.05, 0.1) is 12.2 Å². The van der Waals surface area contributed by atoms with Crippen molar-refractivity contribution in [1.29, 1.82) is 0 Å². The highest BCUT2D eigenvalue weighted by Gasteiger charge is 2.17. The molecule has 1 aromatic carbocycles. The average Bonchev–Trinajstić information content (AvgIpc) is 2.47. The molecule has 0 spiro atoms. The van der Waals surface area contributed by atoms with E-state index in [0.29, 0.717) is 24.5 Å². The molecule has 0 bridgehead atoms. The third-order valence-corrected chi connectivity index (χ3v) is 3.18. The number of hydrogen-bond donors (Lipinski definition) is 1. The maximum atomic E-state index is 12.0. The van der Waals surface area contributed by atoms with E-state index in [1.54, 1.807) is 36.2 Å². The van der Waals surface area contributed by atoms with Crippen LogP contribution < -0.4 is 10.5 Å². The summed E-state index contributed by atoms with van der Waals surface area (Å²) < 4.78 is 5.37. The molecule has 21 heavy (non-hydrogen) atoms. The van der Waals surface area contributed by atoms with E-state index < -0.39 is 0 Å². The van der Waals surface area contributed by atoms with Crippen LogP contribution in [-0.4, -0.2) is 54.9 Å². The lowest BCUT2D eigenvalue weighted by molar-refractivity contribution is -0.140. The van der Waals surface area contributed by atoms with Crippen LogP contribution in [0.3, 0.4) is 0 Å². The van der Waals surface area contributed by atoms with Crippen LogP contribution in [-0.2, 0) is 9.59 Å². The highest BCUT2D eigenvalue weighted by atomic mass is 16.5. The summed E-state index contributed by atoms with van der Waals surface area (Å²) in [6.45, 7) is 4.99. The van der Waals surface area contributed by atoms with Gasteiger partial charge in [0, 0.05) is 20.1 Å². The van der Waals surface area contributed by atoms with Gasteiger partial charge in [0.1, 0.15) is 5.75 Å². The molecule has 0 saturated heterocycles. The maximum Gasteiger partial charge on any atom is 0.260 e. The number of para-hydroxylation sites is 2. The monoisotopic (exact) mass is 293 g/mol. The molecule has 0 fully saturated rings. The van der Waals surface area contributed by atoms with E-state index in [1.807, 2.05) is 13.8 Å². The second kappa shape index (κ2) is 8.14. The molecular weight excluding hydrogens is 270 g/mol. The molecule has 0 aliphatic carbocycles. The fraction of sp³-hybridized carbons (Fsp3) is 0.467. The minimum Gasteiger partial charge on any atom is -0.482 e. The highest BCUT2D eigenvalue weighted by Crippen LogP contribution is 2.19. The molecule has 6 nitrogen and oxygen atoms in total. The van der Waals surface area contributed by atoms with Crippen molar-refractivity contribution in [3.8, 4) is 5.75 Å². The third-order valence-electron chi connectivity index (χ3n) is 3.18. The zero-order valence-corrected chi connectivity index (χ0v) is 12.8. The fourth-order valence-corrected chi connectivity index (χ4v) is 1.83. The van der Waals surface area contributed by atoms with Crippen LogP contribution in [0.25, 0.3) is 0 Å². The molecule has 1 aromatic rings. The first kappa shape index (κ1) is 16.8. The average molecular weight is 293 g/mol. The van der Waals surface area contributed by atoms with Gasteiger partial charge in [-0.1, -0.05) is 12.1 Å². The number of carbonyl (C=O) groups is 2. The number of anilines is 1. The molecule has 2 N–H and O–H groups in total. The number of likely N-dealkylation sites (N-methyl/N-ethyl adjacent to an activating group) is 2. The summed E-state index contributed by atoms with van der Waals surface area (Å²) in [6, 6.07) is 6.97. The summed E-state index contributed by atoms with van der Waals surface area (Å²) in [4.78, 5) is 26.9. The lowest BCUT2D eigenvalue weighted by Gasteiger charge is -2.23. The predicted octanol–water partition coefficient (Wildman–Crippen LogP) is 0.974. The Bertz CT molecular complexity index is 487. The van der Waals surface area contributed by atoms with Crippen molar-refractivity contribution in [1.82, 2.24) is 9.80 Å². The molecule has 0 radical (unpaired) electrons. The summed E-state index contributed by atoms with van der Waals surface area (Å²) in [5.41, 5.74) is 6.21. The Morgan fingerprint density at radius 2 is 1.76 bits per heavy atom. The molecule has 0 heterocycles. The Morgan fingerprint density at radius 1 is 1.14 bits per heavy atom. The Balaban J connectivity index is 2.48. The number of amides is 2. The number of hydrogen-bond acceptors (Lipinski definition) is 4. The zero-order valence-electron chi connectivity index (χ0n) is 12.8. The second-order valence-electron chi connectivity index (χ2n) is 4.64. The molecule has 1 rings (SSSR count). The van der Waals surface area contributed by atoms with E-state index >= 15 is 0 Å². The summed E-state index contributed by atoms with van der Waals surface area (Å²) in [5.74, 6) is 0.128. The van der Waals surface area contributed by atoms with Crippen LogP contribution >= 0.6 is 0 Å². The van der Waals surface area contributed by atoms with Crippen molar-refractivity contribution >= 4 is 17.5 Å². The lowest BCUT2D eigenvalue weighted by Crippen LogP contribution is -2.42. The molecule has 0 unspecified atom stereocenters. The van der Waals surface area contributed by atoms with Gasteiger partial charge in [-0.15, -0.1) is 0 Å². The Kier molecular flexibility index (Phi) is 6.52. The first-order valence-corrected chi connectivity index (χ1v) is 6.98. The van der Waals surface area contributed by atoms with Gasteiger partial charge < -0.3 is 20.3 Å². The van der Waals surface area contributed by atoms with Gasteiger partial charge in [0.15, 0.2) is 6.61 Å². The van der Waals surface area contributed by atoms with Crippen LogP contribution in [0.2, 0.25) is 0 Å². The fourth-order valence-electron chi connectivity index (χ4n) is 1.83. The van der Waals surface area contributed by atoms with Crippen LogP contribution in [0.4, 0.5) is 5.69 Å². The first-order chi connectivity index (χ1) is 9.99. The number of nitrogens with zero attached hydrogens (tertiary/aromatic N) is 2. The summed E-state index contributed by atoms with van der Waals surface area (Å²) in [5, 5.41) is 0. The topological polar surface area (TPSA) is 75.9 Å². The zero-order chi connectivity index (χ0) is 15.8. The van der Waals surface area contributed by atoms with E-state index in [-0.39, 0.29) is 25.0 Å². The number of ether oxygens (including phenoxy) is 1. The smallest absolute Gasteiger partial charge is 0.260 e. The van der Waals surface area contributed by atoms with E-state index in [4.69, 9.17) is 10.5 Å². The first-order valence-electron chi connectivity index (χ1n) is 6.98. The van der Waals surface area contributed by atoms with Crippen LogP contribution in [0, 0.1) is 0 Å². The van der Waals surface area contributed by atoms with Gasteiger partial charge in [-0.3, -0.25) is 9.59 Å². The molecule has 0 aliphatic heterocycles. The van der Waals surface area contributed by atoms with Crippen molar-refractivity contribution in [3.63, 3.8) is 0 Å². The predicted molar refractivity (Wildman–Crippen MR) is 81.9 cm³/mol. The van der Waals surface area contributed by atoms with Gasteiger partial charge in [0.25, 0.3) is 5.91 Å². The molecule has 6 heteroatoms. The number of benzene rings is 1. The molecule has 2 amide bonds. The van der Waals surface area contributed by atoms with Gasteiger partial charge >= 0.3 is 0 Å². The third kappa shape index (κ3) is 4.98. The Hall–Kier alpha value is -2.24. The van der Waals surface area contributed by atoms with Crippen LogP contribution in [0.1, 0.15) is 13.8 Å². The van der Waals surface area contributed by atoms with Crippen molar-refractivity contribution in [3.05, 3.63) is 24.3 Å². The van der Waals surface area contributed by atoms with Crippen molar-refractivity contribution in [2.75, 3.05) is 39.0 Å². The highest BCUT2D eigenvalue weighted by molar-refractivity contribution is 5.85. The van der Waals surface area contributed by atoms with Crippen LogP contribution in [0.15, 0.2) is 24.3 Å². The molecular formula is C15H23N3O3. The van der Waals surface area contributed by atoms with Crippen LogP contribution in [0.5, 0.6) is 5.75 Å². The van der Waals surface area contributed by atoms with Crippen molar-refractivity contribution in [2.24, 2.45) is 0 Å². The quantitative estimate of drug-likeness (QED) is 0.760. The SMILES string of the molecule is CCN(CC)C(=O)CN(C)C(=O)COc1ccccc1N. The molecule has 0 aromatic heterocycles. The summed E-state index contributed by atoms with van der Waals surface area (Å²) >= 11 is 0. The van der Waals surface area contributed by atoms with Crippen molar-refractivity contribution < 1.29 is 14.3 Å². The molecule has 0 aliphatic rings. The van der Waals surface area contributed by atoms with Gasteiger partial charge in [-0.2, -0.15) is 0 Å². The van der Waals surface area contributed by atoms with E-state index in [0.717, 1.165) is 0 Å². The minimum atomic E-state index is -0.265. The molecule has 0 atom stereocenters. The standard InChI is InChI=1S/C15H23N3O3/c1-4-18(5-2)14(19)10-17(3)15(20)11-21-13-9-7-6-8-12(13)16/h6-9H,4-5,10-11,16H2,1-3H3. The Labute approximate surface area is 125 Å². The number of rotatable bonds is 7. The number of carbonyl (C=O) groups excluding carboxylic acids is 2. The maximum absolute atomic E-state index is 12.0. The van der Waals surface area contributed by atoms with E-state index in [1.165, 1.54) is 4.90 Å².